The maximum Gasteiger partial charge on any atom is 0.407 e. The van der Waals surface area contributed by atoms with E-state index in [-0.39, 0.29) is 43.4 Å². The third-order valence-corrected chi connectivity index (χ3v) is 6.31. The quantitative estimate of drug-likeness (QED) is 0.277. The number of carbonyl (C=O) groups excluding carboxylic acids is 3. The molecule has 0 aliphatic heterocycles. The molecule has 0 unspecified atom stereocenters. The van der Waals surface area contributed by atoms with E-state index in [2.05, 4.69) is 10.6 Å². The average molecular weight is 576 g/mol. The highest BCUT2D eigenvalue weighted by molar-refractivity contribution is 6.00. The third-order valence-electron chi connectivity index (χ3n) is 6.31. The lowest BCUT2D eigenvalue weighted by Crippen LogP contribution is -2.48. The molecule has 2 aromatic rings. The maximum atomic E-state index is 13.7. The Bertz CT molecular complexity index is 1150. The molecule has 0 heterocycles. The van der Waals surface area contributed by atoms with E-state index in [4.69, 9.17) is 4.74 Å². The minimum atomic E-state index is -1.24. The van der Waals surface area contributed by atoms with Crippen molar-refractivity contribution in [3.8, 4) is 0 Å². The van der Waals surface area contributed by atoms with Crippen LogP contribution in [0.1, 0.15) is 78.8 Å². The van der Waals surface area contributed by atoms with E-state index in [1.807, 2.05) is 27.7 Å². The summed E-state index contributed by atoms with van der Waals surface area (Å²) in [6, 6.07) is 7.14. The first-order chi connectivity index (χ1) is 19.4. The Kier molecular flexibility index (Phi) is 13.7. The van der Waals surface area contributed by atoms with Crippen LogP contribution in [0.3, 0.4) is 0 Å². The van der Waals surface area contributed by atoms with Gasteiger partial charge in [0.05, 0.1) is 18.8 Å². The first-order valence-corrected chi connectivity index (χ1v) is 14.2. The van der Waals surface area contributed by atoms with E-state index in [1.165, 1.54) is 18.2 Å². The first kappa shape index (κ1) is 33.7. The number of hydrogen-bond acceptors (Lipinski definition) is 5. The summed E-state index contributed by atoms with van der Waals surface area (Å²) in [5.41, 5.74) is 1.70. The molecule has 2 atom stereocenters. The number of aryl methyl sites for hydroxylation is 2. The van der Waals surface area contributed by atoms with Crippen molar-refractivity contribution >= 4 is 17.9 Å². The first-order valence-electron chi connectivity index (χ1n) is 14.2. The molecule has 0 aromatic heterocycles. The molecule has 10 heteroatoms. The van der Waals surface area contributed by atoms with Gasteiger partial charge in [0.1, 0.15) is 11.6 Å². The third kappa shape index (κ3) is 11.5. The van der Waals surface area contributed by atoms with Crippen molar-refractivity contribution in [2.24, 2.45) is 5.92 Å². The van der Waals surface area contributed by atoms with Crippen molar-refractivity contribution < 1.29 is 33.0 Å². The number of amides is 3. The number of rotatable bonds is 15. The molecular weight excluding hydrogens is 532 g/mol. The van der Waals surface area contributed by atoms with Crippen molar-refractivity contribution in [3.05, 3.63) is 70.3 Å². The predicted octanol–water partition coefficient (Wildman–Crippen LogP) is 5.01. The van der Waals surface area contributed by atoms with Crippen LogP contribution >= 0.6 is 0 Å². The Morgan fingerprint density at radius 2 is 1.56 bits per heavy atom. The van der Waals surface area contributed by atoms with Crippen LogP contribution in [0, 0.1) is 24.5 Å². The van der Waals surface area contributed by atoms with Gasteiger partial charge in [-0.2, -0.15) is 0 Å². The molecule has 0 spiro atoms. The Hall–Kier alpha value is -3.53. The number of ether oxygens (including phenoxy) is 1. The molecule has 0 fully saturated rings. The lowest BCUT2D eigenvalue weighted by Gasteiger charge is -2.25. The molecule has 2 aromatic carbocycles. The maximum absolute atomic E-state index is 13.7. The van der Waals surface area contributed by atoms with Gasteiger partial charge in [-0.3, -0.25) is 9.59 Å². The lowest BCUT2D eigenvalue weighted by atomic mass is 9.99. The summed E-state index contributed by atoms with van der Waals surface area (Å²) < 4.78 is 32.5. The lowest BCUT2D eigenvalue weighted by molar-refractivity contribution is 0.0755. The Labute approximate surface area is 241 Å². The van der Waals surface area contributed by atoms with E-state index in [0.29, 0.717) is 24.2 Å². The van der Waals surface area contributed by atoms with E-state index in [0.717, 1.165) is 24.5 Å². The van der Waals surface area contributed by atoms with Gasteiger partial charge in [-0.1, -0.05) is 27.7 Å². The molecule has 0 radical (unpaired) electrons. The summed E-state index contributed by atoms with van der Waals surface area (Å²) in [6.45, 7) is 10.7. The number of hydrogen-bond donors (Lipinski definition) is 3. The number of benzene rings is 2. The Morgan fingerprint density at radius 3 is 2.15 bits per heavy atom. The number of nitrogens with zero attached hydrogens (tertiary/aromatic N) is 1. The molecule has 41 heavy (non-hydrogen) atoms. The minimum absolute atomic E-state index is 0.122. The highest BCUT2D eigenvalue weighted by atomic mass is 19.1. The fourth-order valence-corrected chi connectivity index (χ4v) is 4.39. The van der Waals surface area contributed by atoms with Gasteiger partial charge in [0.25, 0.3) is 11.8 Å². The van der Waals surface area contributed by atoms with Crippen molar-refractivity contribution in [2.75, 3.05) is 26.2 Å². The second-order valence-electron chi connectivity index (χ2n) is 10.7. The molecule has 3 amide bonds. The second-order valence-corrected chi connectivity index (χ2v) is 10.7. The van der Waals surface area contributed by atoms with Crippen LogP contribution in [-0.4, -0.2) is 66.3 Å². The highest BCUT2D eigenvalue weighted by Gasteiger charge is 2.24. The van der Waals surface area contributed by atoms with Gasteiger partial charge in [-0.15, -0.1) is 0 Å². The average Bonchev–Trinajstić information content (AvgIpc) is 2.91. The van der Waals surface area contributed by atoms with E-state index < -0.39 is 35.8 Å². The summed E-state index contributed by atoms with van der Waals surface area (Å²) in [5, 5.41) is 16.2. The van der Waals surface area contributed by atoms with Crippen LogP contribution in [0.2, 0.25) is 0 Å². The van der Waals surface area contributed by atoms with Crippen LogP contribution in [0.4, 0.5) is 13.6 Å². The van der Waals surface area contributed by atoms with Crippen LogP contribution in [0.5, 0.6) is 0 Å². The molecule has 226 valence electrons. The van der Waals surface area contributed by atoms with Crippen molar-refractivity contribution in [1.29, 1.82) is 0 Å². The second kappa shape index (κ2) is 16.7. The molecule has 0 bridgehead atoms. The standard InChI is InChI=1S/C31H43F2N3O5/c1-6-10-36(11-7-2)30(39)24-13-21(5)12-23(16-24)29(38)35-27(9-8-22-14-25(32)17-26(33)15-22)28(37)18-34-31(40)41-19-20(3)4/h12-17,20,27-28,37H,6-11,18-19H2,1-5H3,(H,34,40)(H,35,38)/t27-,28+/m0/s1. The predicted molar refractivity (Wildman–Crippen MR) is 154 cm³/mol. The zero-order chi connectivity index (χ0) is 30.5. The molecule has 2 rings (SSSR count). The number of carbonyl (C=O) groups is 3. The van der Waals surface area contributed by atoms with Gasteiger partial charge in [-0.25, -0.2) is 13.6 Å². The molecular formula is C31H43F2N3O5. The van der Waals surface area contributed by atoms with Gasteiger partial charge in [-0.05, 0) is 80.0 Å². The fraction of sp³-hybridized carbons (Fsp3) is 0.516. The van der Waals surface area contributed by atoms with Crippen LogP contribution in [-0.2, 0) is 11.2 Å². The van der Waals surface area contributed by atoms with Gasteiger partial charge >= 0.3 is 6.09 Å². The molecule has 0 aliphatic carbocycles. The van der Waals surface area contributed by atoms with Crippen LogP contribution < -0.4 is 10.6 Å². The van der Waals surface area contributed by atoms with Crippen LogP contribution in [0.15, 0.2) is 36.4 Å². The smallest absolute Gasteiger partial charge is 0.407 e. The number of nitrogens with one attached hydrogen (secondary N) is 2. The summed E-state index contributed by atoms with van der Waals surface area (Å²) in [4.78, 5) is 40.3. The zero-order valence-corrected chi connectivity index (χ0v) is 24.6. The molecule has 0 saturated heterocycles. The minimum Gasteiger partial charge on any atom is -0.449 e. The molecule has 3 N–H and O–H groups in total. The van der Waals surface area contributed by atoms with Gasteiger partial charge in [0.15, 0.2) is 0 Å². The normalized spacial score (nSPS) is 12.5. The number of aliphatic hydroxyl groups is 1. The highest BCUT2D eigenvalue weighted by Crippen LogP contribution is 2.16. The van der Waals surface area contributed by atoms with Gasteiger partial charge in [0, 0.05) is 36.8 Å². The Morgan fingerprint density at radius 1 is 0.951 bits per heavy atom. The van der Waals surface area contributed by atoms with E-state index in [1.54, 1.807) is 24.0 Å². The molecule has 0 aliphatic rings. The van der Waals surface area contributed by atoms with E-state index in [9.17, 15) is 28.3 Å². The zero-order valence-electron chi connectivity index (χ0n) is 24.6. The summed E-state index contributed by atoms with van der Waals surface area (Å²) in [7, 11) is 0. The molecule has 0 saturated carbocycles. The monoisotopic (exact) mass is 575 g/mol. The Balaban J connectivity index is 2.24. The van der Waals surface area contributed by atoms with Crippen LogP contribution in [0.25, 0.3) is 0 Å². The van der Waals surface area contributed by atoms with Crippen molar-refractivity contribution in [3.63, 3.8) is 0 Å². The topological polar surface area (TPSA) is 108 Å². The van der Waals surface area contributed by atoms with Crippen molar-refractivity contribution in [1.82, 2.24) is 15.5 Å². The number of alkyl carbamates (subject to hydrolysis) is 1. The number of halogens is 2. The molecule has 8 nitrogen and oxygen atoms in total. The van der Waals surface area contributed by atoms with Crippen molar-refractivity contribution in [2.45, 2.75) is 72.4 Å². The largest absolute Gasteiger partial charge is 0.449 e. The SMILES string of the molecule is CCCN(CCC)C(=O)c1cc(C)cc(C(=O)N[C@@H](CCc2cc(F)cc(F)c2)[C@H](O)CNC(=O)OCC(C)C)c1. The summed E-state index contributed by atoms with van der Waals surface area (Å²) in [5.74, 6) is -2.02. The van der Waals surface area contributed by atoms with Gasteiger partial charge in [0.2, 0.25) is 0 Å². The number of aliphatic hydroxyl groups excluding tert-OH is 1. The summed E-state index contributed by atoms with van der Waals surface area (Å²) >= 11 is 0. The van der Waals surface area contributed by atoms with Gasteiger partial charge < -0.3 is 25.4 Å². The summed E-state index contributed by atoms with van der Waals surface area (Å²) in [6.07, 6.45) is -0.0660. The van der Waals surface area contributed by atoms with E-state index >= 15 is 0 Å². The fourth-order valence-electron chi connectivity index (χ4n) is 4.39.